The maximum Gasteiger partial charge on any atom is 0.250 e. The number of pyridine rings is 1. The highest BCUT2D eigenvalue weighted by atomic mass is 32.1. The minimum atomic E-state index is -0.105. The summed E-state index contributed by atoms with van der Waals surface area (Å²) in [5.74, 6) is -0.0411. The Hall–Kier alpha value is -3.51. The van der Waals surface area contributed by atoms with Crippen LogP contribution in [0.2, 0.25) is 0 Å². The van der Waals surface area contributed by atoms with Crippen LogP contribution in [0.15, 0.2) is 95.2 Å². The molecule has 0 fully saturated rings. The number of nitrogens with zero attached hydrogens (tertiary/aromatic N) is 3. The van der Waals surface area contributed by atoms with Gasteiger partial charge < -0.3 is 4.57 Å². The van der Waals surface area contributed by atoms with Crippen LogP contribution in [0.4, 0.5) is 5.13 Å². The Morgan fingerprint density at radius 2 is 1.65 bits per heavy atom. The van der Waals surface area contributed by atoms with Gasteiger partial charge in [-0.25, -0.2) is 4.98 Å². The van der Waals surface area contributed by atoms with Crippen molar-refractivity contribution < 1.29 is 4.79 Å². The summed E-state index contributed by atoms with van der Waals surface area (Å²) < 4.78 is 1.56. The summed E-state index contributed by atoms with van der Waals surface area (Å²) in [6, 6.07) is 25.1. The lowest BCUT2D eigenvalue weighted by atomic mass is 10.1. The minimum absolute atomic E-state index is 0.0411. The van der Waals surface area contributed by atoms with E-state index < -0.39 is 0 Å². The number of aromatic nitrogens is 2. The van der Waals surface area contributed by atoms with Gasteiger partial charge in [0.2, 0.25) is 5.91 Å². The van der Waals surface area contributed by atoms with Gasteiger partial charge >= 0.3 is 0 Å². The van der Waals surface area contributed by atoms with Crippen LogP contribution in [0.1, 0.15) is 12.0 Å². The third-order valence-corrected chi connectivity index (χ3v) is 5.89. The molecule has 1 amide bonds. The first-order chi connectivity index (χ1) is 15.2. The number of amides is 1. The molecule has 0 bridgehead atoms. The van der Waals surface area contributed by atoms with Crippen LogP contribution in [0.25, 0.3) is 11.3 Å². The van der Waals surface area contributed by atoms with Crippen LogP contribution < -0.4 is 10.5 Å². The first-order valence-corrected chi connectivity index (χ1v) is 11.1. The average molecular weight is 430 g/mol. The van der Waals surface area contributed by atoms with Gasteiger partial charge in [-0.3, -0.25) is 14.5 Å². The summed E-state index contributed by atoms with van der Waals surface area (Å²) in [7, 11) is 0. The molecule has 0 unspecified atom stereocenters. The summed E-state index contributed by atoms with van der Waals surface area (Å²) in [5, 5.41) is 2.66. The summed E-state index contributed by atoms with van der Waals surface area (Å²) in [6.45, 7) is 0.880. The van der Waals surface area contributed by atoms with Gasteiger partial charge in [-0.2, -0.15) is 0 Å². The molecule has 0 aliphatic carbocycles. The normalized spacial score (nSPS) is 10.7. The van der Waals surface area contributed by atoms with E-state index in [-0.39, 0.29) is 17.9 Å². The van der Waals surface area contributed by atoms with Crippen molar-refractivity contribution in [1.29, 1.82) is 0 Å². The minimum Gasteiger partial charge on any atom is -0.315 e. The van der Waals surface area contributed by atoms with E-state index >= 15 is 0 Å². The Balaban J connectivity index is 1.53. The van der Waals surface area contributed by atoms with E-state index in [2.05, 4.69) is 12.1 Å². The van der Waals surface area contributed by atoms with E-state index in [9.17, 15) is 9.59 Å². The lowest BCUT2D eigenvalue weighted by Crippen LogP contribution is -2.34. The Morgan fingerprint density at radius 1 is 0.935 bits per heavy atom. The average Bonchev–Trinajstić information content (AvgIpc) is 3.30. The Morgan fingerprint density at radius 3 is 2.39 bits per heavy atom. The standard InChI is InChI=1S/C25H23N3O2S/c29-23-13-7-8-16-27(23)17-15-24(30)28(18-14-20-9-3-1-4-10-20)25-26-22(19-31-25)21-11-5-2-6-12-21/h1-13,16,19H,14-15,17-18H2. The molecule has 156 valence electrons. The van der Waals surface area contributed by atoms with Gasteiger partial charge in [0.15, 0.2) is 5.13 Å². The SMILES string of the molecule is O=C(CCn1ccccc1=O)N(CCc1ccccc1)c1nc(-c2ccccc2)cs1. The molecule has 0 radical (unpaired) electrons. The molecule has 0 aliphatic rings. The van der Waals surface area contributed by atoms with Gasteiger partial charge in [0.25, 0.3) is 5.56 Å². The van der Waals surface area contributed by atoms with Crippen molar-refractivity contribution in [3.8, 4) is 11.3 Å². The van der Waals surface area contributed by atoms with Crippen LogP contribution in [-0.2, 0) is 17.8 Å². The Bertz CT molecular complexity index is 1190. The number of aryl methyl sites for hydroxylation is 1. The highest BCUT2D eigenvalue weighted by molar-refractivity contribution is 7.14. The molecule has 6 heteroatoms. The zero-order valence-electron chi connectivity index (χ0n) is 17.1. The second kappa shape index (κ2) is 10.00. The molecule has 2 heterocycles. The van der Waals surface area contributed by atoms with Crippen LogP contribution in [0.3, 0.4) is 0 Å². The van der Waals surface area contributed by atoms with Crippen molar-refractivity contribution in [1.82, 2.24) is 9.55 Å². The van der Waals surface area contributed by atoms with Crippen LogP contribution in [-0.4, -0.2) is 22.0 Å². The monoisotopic (exact) mass is 429 g/mol. The van der Waals surface area contributed by atoms with Crippen molar-refractivity contribution >= 4 is 22.4 Å². The fourth-order valence-corrected chi connectivity index (χ4v) is 4.22. The predicted octanol–water partition coefficient (Wildman–Crippen LogP) is 4.64. The zero-order chi connectivity index (χ0) is 21.5. The highest BCUT2D eigenvalue weighted by Gasteiger charge is 2.19. The second-order valence-corrected chi connectivity index (χ2v) is 7.98. The molecule has 31 heavy (non-hydrogen) atoms. The maximum absolute atomic E-state index is 13.2. The van der Waals surface area contributed by atoms with Crippen molar-refractivity contribution in [3.05, 3.63) is 106 Å². The first-order valence-electron chi connectivity index (χ1n) is 10.2. The summed E-state index contributed by atoms with van der Waals surface area (Å²) >= 11 is 1.47. The summed E-state index contributed by atoms with van der Waals surface area (Å²) in [5.41, 5.74) is 2.94. The molecule has 2 aromatic heterocycles. The zero-order valence-corrected chi connectivity index (χ0v) is 17.9. The number of hydrogen-bond acceptors (Lipinski definition) is 4. The number of carbonyl (C=O) groups excluding carboxylic acids is 1. The smallest absolute Gasteiger partial charge is 0.250 e. The maximum atomic E-state index is 13.2. The second-order valence-electron chi connectivity index (χ2n) is 7.14. The molecule has 0 saturated heterocycles. The Labute approximate surface area is 185 Å². The van der Waals surface area contributed by atoms with Crippen molar-refractivity contribution in [2.24, 2.45) is 0 Å². The van der Waals surface area contributed by atoms with Gasteiger partial charge in [0, 0.05) is 42.7 Å². The summed E-state index contributed by atoms with van der Waals surface area (Å²) in [6.07, 6.45) is 2.68. The number of hydrogen-bond donors (Lipinski definition) is 0. The highest BCUT2D eigenvalue weighted by Crippen LogP contribution is 2.28. The van der Waals surface area contributed by atoms with Gasteiger partial charge in [-0.05, 0) is 18.1 Å². The van der Waals surface area contributed by atoms with E-state index in [1.807, 2.05) is 53.9 Å². The van der Waals surface area contributed by atoms with Gasteiger partial charge in [0.1, 0.15) is 0 Å². The number of benzene rings is 2. The van der Waals surface area contributed by atoms with E-state index in [1.165, 1.54) is 23.0 Å². The van der Waals surface area contributed by atoms with Gasteiger partial charge in [0.05, 0.1) is 5.69 Å². The molecule has 0 N–H and O–H groups in total. The number of carbonyl (C=O) groups is 1. The lowest BCUT2D eigenvalue weighted by molar-refractivity contribution is -0.118. The van der Waals surface area contributed by atoms with Crippen LogP contribution in [0.5, 0.6) is 0 Å². The van der Waals surface area contributed by atoms with E-state index in [1.54, 1.807) is 27.8 Å². The van der Waals surface area contributed by atoms with Crippen LogP contribution >= 0.6 is 11.3 Å². The number of rotatable bonds is 8. The molecule has 4 rings (SSSR count). The summed E-state index contributed by atoms with van der Waals surface area (Å²) in [4.78, 5) is 31.6. The molecule has 0 aliphatic heterocycles. The Kier molecular flexibility index (Phi) is 6.69. The van der Waals surface area contributed by atoms with Crippen molar-refractivity contribution in [3.63, 3.8) is 0 Å². The van der Waals surface area contributed by atoms with Gasteiger partial charge in [-0.1, -0.05) is 66.7 Å². The van der Waals surface area contributed by atoms with E-state index in [0.29, 0.717) is 18.2 Å². The number of anilines is 1. The van der Waals surface area contributed by atoms with E-state index in [0.717, 1.165) is 17.7 Å². The van der Waals surface area contributed by atoms with Crippen LogP contribution in [0, 0.1) is 0 Å². The lowest BCUT2D eigenvalue weighted by Gasteiger charge is -2.20. The third kappa shape index (κ3) is 5.35. The van der Waals surface area contributed by atoms with Crippen molar-refractivity contribution in [2.75, 3.05) is 11.4 Å². The fraction of sp³-hybridized carbons (Fsp3) is 0.160. The quantitative estimate of drug-likeness (QED) is 0.410. The van der Waals surface area contributed by atoms with Crippen molar-refractivity contribution in [2.45, 2.75) is 19.4 Å². The first kappa shape index (κ1) is 20.8. The van der Waals surface area contributed by atoms with E-state index in [4.69, 9.17) is 4.98 Å². The molecule has 0 spiro atoms. The molecular weight excluding hydrogens is 406 g/mol. The van der Waals surface area contributed by atoms with Gasteiger partial charge in [-0.15, -0.1) is 11.3 Å². The molecular formula is C25H23N3O2S. The fourth-order valence-electron chi connectivity index (χ4n) is 3.34. The topological polar surface area (TPSA) is 55.2 Å². The number of thiazole rings is 1. The molecule has 0 atom stereocenters. The molecule has 5 nitrogen and oxygen atoms in total. The third-order valence-electron chi connectivity index (χ3n) is 5.03. The molecule has 0 saturated carbocycles. The molecule has 2 aromatic carbocycles. The molecule has 4 aromatic rings. The predicted molar refractivity (Wildman–Crippen MR) is 125 cm³/mol. The largest absolute Gasteiger partial charge is 0.315 e.